The Morgan fingerprint density at radius 1 is 1.21 bits per heavy atom. The first-order valence-corrected chi connectivity index (χ1v) is 7.44. The Balaban J connectivity index is 1.58. The lowest BCUT2D eigenvalue weighted by molar-refractivity contribution is 0.0727. The minimum atomic E-state index is 0.0552. The molecule has 19 heavy (non-hydrogen) atoms. The minimum Gasteiger partial charge on any atom is -0.455 e. The Hall–Kier alpha value is -1.29. The second kappa shape index (κ2) is 5.78. The van der Waals surface area contributed by atoms with Gasteiger partial charge in [0.1, 0.15) is 5.76 Å². The summed E-state index contributed by atoms with van der Waals surface area (Å²) in [6, 6.07) is 4.40. The zero-order chi connectivity index (χ0) is 13.1. The van der Waals surface area contributed by atoms with Crippen LogP contribution < -0.4 is 5.32 Å². The predicted molar refractivity (Wildman–Crippen MR) is 72.9 cm³/mol. The molecule has 4 heteroatoms. The number of furan rings is 1. The Bertz CT molecular complexity index is 429. The van der Waals surface area contributed by atoms with E-state index in [2.05, 4.69) is 5.32 Å². The van der Waals surface area contributed by atoms with Crippen molar-refractivity contribution in [2.75, 3.05) is 13.1 Å². The summed E-state index contributed by atoms with van der Waals surface area (Å²) in [5.74, 6) is 1.42. The van der Waals surface area contributed by atoms with Crippen LogP contribution in [-0.2, 0) is 6.54 Å². The van der Waals surface area contributed by atoms with E-state index in [1.165, 1.54) is 25.7 Å². The van der Waals surface area contributed by atoms with Crippen LogP contribution >= 0.6 is 0 Å². The van der Waals surface area contributed by atoms with Crippen molar-refractivity contribution >= 4 is 5.91 Å². The van der Waals surface area contributed by atoms with Crippen LogP contribution in [0.1, 0.15) is 54.8 Å². The molecule has 0 bridgehead atoms. The number of hydrogen-bond donors (Lipinski definition) is 1. The van der Waals surface area contributed by atoms with Crippen molar-refractivity contribution in [2.24, 2.45) is 0 Å². The molecule has 0 spiro atoms. The lowest BCUT2D eigenvalue weighted by atomic mass is 10.2. The average Bonchev–Trinajstić information content (AvgIpc) is 3.19. The Morgan fingerprint density at radius 2 is 1.95 bits per heavy atom. The van der Waals surface area contributed by atoms with E-state index in [-0.39, 0.29) is 5.91 Å². The molecule has 2 fully saturated rings. The zero-order valence-electron chi connectivity index (χ0n) is 11.4. The third-order valence-electron chi connectivity index (χ3n) is 3.91. The van der Waals surface area contributed by atoms with Crippen LogP contribution in [0.25, 0.3) is 0 Å². The highest BCUT2D eigenvalue weighted by Gasteiger charge is 2.22. The summed E-state index contributed by atoms with van der Waals surface area (Å²) in [4.78, 5) is 14.3. The molecule has 0 radical (unpaired) electrons. The molecular weight excluding hydrogens is 240 g/mol. The predicted octanol–water partition coefficient (Wildman–Crippen LogP) is 2.55. The first kappa shape index (κ1) is 12.7. The van der Waals surface area contributed by atoms with E-state index >= 15 is 0 Å². The van der Waals surface area contributed by atoms with Crippen LogP contribution in [0.2, 0.25) is 0 Å². The third kappa shape index (κ3) is 3.38. The van der Waals surface area contributed by atoms with Gasteiger partial charge in [-0.2, -0.15) is 0 Å². The zero-order valence-corrected chi connectivity index (χ0v) is 11.4. The number of amides is 1. The van der Waals surface area contributed by atoms with Crippen molar-refractivity contribution in [1.82, 2.24) is 10.2 Å². The lowest BCUT2D eigenvalue weighted by Gasteiger charge is -2.18. The summed E-state index contributed by atoms with van der Waals surface area (Å²) < 4.78 is 5.66. The second-order valence-corrected chi connectivity index (χ2v) is 5.63. The summed E-state index contributed by atoms with van der Waals surface area (Å²) in [6.45, 7) is 2.47. The van der Waals surface area contributed by atoms with Gasteiger partial charge in [0.05, 0.1) is 6.54 Å². The first-order valence-electron chi connectivity index (χ1n) is 7.44. The van der Waals surface area contributed by atoms with Gasteiger partial charge in [0.15, 0.2) is 5.76 Å². The maximum Gasteiger partial charge on any atom is 0.289 e. The summed E-state index contributed by atoms with van der Waals surface area (Å²) in [6.07, 6.45) is 7.22. The number of nitrogens with one attached hydrogen (secondary N) is 1. The topological polar surface area (TPSA) is 45.5 Å². The third-order valence-corrected chi connectivity index (χ3v) is 3.91. The summed E-state index contributed by atoms with van der Waals surface area (Å²) in [5, 5.41) is 3.40. The van der Waals surface area contributed by atoms with Gasteiger partial charge in [-0.25, -0.2) is 0 Å². The van der Waals surface area contributed by atoms with Crippen molar-refractivity contribution < 1.29 is 9.21 Å². The van der Waals surface area contributed by atoms with Crippen molar-refractivity contribution in [3.63, 3.8) is 0 Å². The lowest BCUT2D eigenvalue weighted by Crippen LogP contribution is -2.31. The van der Waals surface area contributed by atoms with Crippen molar-refractivity contribution in [1.29, 1.82) is 0 Å². The van der Waals surface area contributed by atoms with Crippen LogP contribution in [0, 0.1) is 0 Å². The quantitative estimate of drug-likeness (QED) is 0.907. The van der Waals surface area contributed by atoms with Gasteiger partial charge in [0, 0.05) is 19.1 Å². The molecule has 1 aromatic rings. The SMILES string of the molecule is O=C(c1ccc(CNC2CC2)o1)N1CCCCCC1. The number of carbonyl (C=O) groups is 1. The van der Waals surface area contributed by atoms with Crippen LogP contribution in [0.15, 0.2) is 16.5 Å². The fourth-order valence-corrected chi connectivity index (χ4v) is 2.55. The van der Waals surface area contributed by atoms with Gasteiger partial charge in [0.2, 0.25) is 0 Å². The molecule has 1 amide bonds. The van der Waals surface area contributed by atoms with E-state index in [9.17, 15) is 4.79 Å². The molecule has 104 valence electrons. The molecule has 0 aromatic carbocycles. The van der Waals surface area contributed by atoms with Gasteiger partial charge >= 0.3 is 0 Å². The van der Waals surface area contributed by atoms with Gasteiger partial charge in [0.25, 0.3) is 5.91 Å². The van der Waals surface area contributed by atoms with Crippen molar-refractivity contribution in [2.45, 2.75) is 51.1 Å². The molecule has 3 rings (SSSR count). The highest BCUT2D eigenvalue weighted by Crippen LogP contribution is 2.20. The molecular formula is C15H22N2O2. The smallest absolute Gasteiger partial charge is 0.289 e. The highest BCUT2D eigenvalue weighted by atomic mass is 16.4. The van der Waals surface area contributed by atoms with E-state index < -0.39 is 0 Å². The fraction of sp³-hybridized carbons (Fsp3) is 0.667. The summed E-state index contributed by atoms with van der Waals surface area (Å²) >= 11 is 0. The molecule has 2 aliphatic rings. The second-order valence-electron chi connectivity index (χ2n) is 5.63. The monoisotopic (exact) mass is 262 g/mol. The Labute approximate surface area is 114 Å². The van der Waals surface area contributed by atoms with Crippen molar-refractivity contribution in [3.8, 4) is 0 Å². The molecule has 1 saturated heterocycles. The van der Waals surface area contributed by atoms with Gasteiger partial charge < -0.3 is 14.6 Å². The number of likely N-dealkylation sites (tertiary alicyclic amines) is 1. The van der Waals surface area contributed by atoms with Gasteiger partial charge in [-0.1, -0.05) is 12.8 Å². The molecule has 4 nitrogen and oxygen atoms in total. The van der Waals surface area contributed by atoms with E-state index in [0.29, 0.717) is 11.8 Å². The number of hydrogen-bond acceptors (Lipinski definition) is 3. The van der Waals surface area contributed by atoms with E-state index in [4.69, 9.17) is 4.42 Å². The van der Waals surface area contributed by atoms with Gasteiger partial charge in [-0.3, -0.25) is 4.79 Å². The maximum atomic E-state index is 12.3. The maximum absolute atomic E-state index is 12.3. The number of nitrogens with zero attached hydrogens (tertiary/aromatic N) is 1. The average molecular weight is 262 g/mol. The van der Waals surface area contributed by atoms with Crippen LogP contribution in [-0.4, -0.2) is 29.9 Å². The normalized spacial score (nSPS) is 20.3. The molecule has 1 saturated carbocycles. The Kier molecular flexibility index (Phi) is 3.87. The number of rotatable bonds is 4. The molecule has 0 atom stereocenters. The molecule has 1 aliphatic heterocycles. The van der Waals surface area contributed by atoms with Gasteiger partial charge in [-0.05, 0) is 37.8 Å². The molecule has 0 unspecified atom stereocenters. The highest BCUT2D eigenvalue weighted by molar-refractivity contribution is 5.91. The molecule has 2 heterocycles. The minimum absolute atomic E-state index is 0.0552. The number of carbonyl (C=O) groups excluding carboxylic acids is 1. The van der Waals surface area contributed by atoms with E-state index in [1.54, 1.807) is 0 Å². The van der Waals surface area contributed by atoms with Crippen LogP contribution in [0.4, 0.5) is 0 Å². The Morgan fingerprint density at radius 3 is 2.63 bits per heavy atom. The summed E-state index contributed by atoms with van der Waals surface area (Å²) in [5.41, 5.74) is 0. The largest absolute Gasteiger partial charge is 0.455 e. The summed E-state index contributed by atoms with van der Waals surface area (Å²) in [7, 11) is 0. The van der Waals surface area contributed by atoms with Crippen molar-refractivity contribution in [3.05, 3.63) is 23.7 Å². The van der Waals surface area contributed by atoms with Gasteiger partial charge in [-0.15, -0.1) is 0 Å². The van der Waals surface area contributed by atoms with Crippen LogP contribution in [0.5, 0.6) is 0 Å². The molecule has 1 N–H and O–H groups in total. The first-order chi connectivity index (χ1) is 9.33. The van der Waals surface area contributed by atoms with E-state index in [1.807, 2.05) is 17.0 Å². The molecule has 1 aromatic heterocycles. The molecule has 1 aliphatic carbocycles. The standard InChI is InChI=1S/C15H22N2O2/c18-15(17-9-3-1-2-4-10-17)14-8-7-13(19-14)11-16-12-5-6-12/h7-8,12,16H,1-6,9-11H2. The fourth-order valence-electron chi connectivity index (χ4n) is 2.55. The van der Waals surface area contributed by atoms with E-state index in [0.717, 1.165) is 38.2 Å². The van der Waals surface area contributed by atoms with Crippen LogP contribution in [0.3, 0.4) is 0 Å².